The molecule has 3 aromatic rings. The lowest BCUT2D eigenvalue weighted by Gasteiger charge is -2.17. The predicted molar refractivity (Wildman–Crippen MR) is 139 cm³/mol. The molecule has 11 heteroatoms. The maximum absolute atomic E-state index is 12.9. The number of ether oxygens (including phenoxy) is 1. The Bertz CT molecular complexity index is 1300. The molecule has 3 aromatic carbocycles. The van der Waals surface area contributed by atoms with E-state index < -0.39 is 34.5 Å². The van der Waals surface area contributed by atoms with E-state index in [1.807, 2.05) is 6.07 Å². The first kappa shape index (κ1) is 26.3. The number of nitrogens with zero attached hydrogens (tertiary/aromatic N) is 1. The second-order valence-electron chi connectivity index (χ2n) is 7.31. The van der Waals surface area contributed by atoms with E-state index in [4.69, 9.17) is 9.84 Å². The summed E-state index contributed by atoms with van der Waals surface area (Å²) >= 11 is 2.08. The van der Waals surface area contributed by atoms with Crippen molar-refractivity contribution in [1.82, 2.24) is 10.1 Å². The van der Waals surface area contributed by atoms with E-state index in [1.54, 1.807) is 60.7 Å². The van der Waals surface area contributed by atoms with E-state index in [1.165, 1.54) is 18.3 Å². The SMILES string of the molecule is O=C(O)COc1cccc(/C=N\NC(=O)[C@@H](Cc2ccccc2)NS(=O)(=O)c2ccc(I)cc2)c1. The van der Waals surface area contributed by atoms with Crippen LogP contribution >= 0.6 is 22.6 Å². The van der Waals surface area contributed by atoms with Crippen molar-refractivity contribution < 1.29 is 27.9 Å². The molecule has 1 atom stereocenters. The number of rotatable bonds is 11. The van der Waals surface area contributed by atoms with Gasteiger partial charge in [-0.2, -0.15) is 9.82 Å². The maximum atomic E-state index is 12.9. The number of benzene rings is 3. The second kappa shape index (κ2) is 12.4. The van der Waals surface area contributed by atoms with Crippen molar-refractivity contribution in [3.05, 3.63) is 93.6 Å². The number of carboxylic acid groups (broad SMARTS) is 1. The number of sulfonamides is 1. The van der Waals surface area contributed by atoms with Crippen LogP contribution in [0.4, 0.5) is 0 Å². The number of nitrogens with one attached hydrogen (secondary N) is 2. The lowest BCUT2D eigenvalue weighted by atomic mass is 10.1. The van der Waals surface area contributed by atoms with Crippen LogP contribution in [0.2, 0.25) is 0 Å². The summed E-state index contributed by atoms with van der Waals surface area (Å²) in [7, 11) is -3.97. The minimum atomic E-state index is -3.97. The van der Waals surface area contributed by atoms with Crippen LogP contribution < -0.4 is 14.9 Å². The Morgan fingerprint density at radius 3 is 2.43 bits per heavy atom. The van der Waals surface area contributed by atoms with Gasteiger partial charge in [0.2, 0.25) is 10.0 Å². The molecule has 0 aliphatic heterocycles. The zero-order chi connectivity index (χ0) is 25.3. The molecule has 0 saturated heterocycles. The average Bonchev–Trinajstić information content (AvgIpc) is 2.83. The first-order valence-electron chi connectivity index (χ1n) is 10.3. The Hall–Kier alpha value is -3.29. The molecule has 0 aliphatic carbocycles. The molecule has 0 saturated carbocycles. The van der Waals surface area contributed by atoms with Gasteiger partial charge in [0.25, 0.3) is 5.91 Å². The highest BCUT2D eigenvalue weighted by molar-refractivity contribution is 14.1. The molecule has 9 nitrogen and oxygen atoms in total. The number of halogens is 1. The smallest absolute Gasteiger partial charge is 0.341 e. The summed E-state index contributed by atoms with van der Waals surface area (Å²) in [5.41, 5.74) is 3.69. The first-order valence-corrected chi connectivity index (χ1v) is 12.9. The third kappa shape index (κ3) is 8.46. The fourth-order valence-corrected chi connectivity index (χ4v) is 4.54. The highest BCUT2D eigenvalue weighted by Crippen LogP contribution is 2.14. The average molecular weight is 607 g/mol. The van der Waals surface area contributed by atoms with Crippen LogP contribution in [0.15, 0.2) is 88.9 Å². The molecule has 0 aromatic heterocycles. The highest BCUT2D eigenvalue weighted by atomic mass is 127. The standard InChI is InChI=1S/C24H22IN3O6S/c25-19-9-11-21(12-10-19)35(32,33)28-22(14-17-5-2-1-3-6-17)24(31)27-26-15-18-7-4-8-20(13-18)34-16-23(29)30/h1-13,15,22,28H,14,16H2,(H,27,31)(H,29,30)/b26-15-/t22-/m1/s1. The third-order valence-electron chi connectivity index (χ3n) is 4.63. The molecule has 0 radical (unpaired) electrons. The van der Waals surface area contributed by atoms with Gasteiger partial charge in [-0.1, -0.05) is 42.5 Å². The van der Waals surface area contributed by atoms with Crippen molar-refractivity contribution in [2.24, 2.45) is 5.10 Å². The molecule has 0 unspecified atom stereocenters. The van der Waals surface area contributed by atoms with Gasteiger partial charge in [0, 0.05) is 3.57 Å². The summed E-state index contributed by atoms with van der Waals surface area (Å²) in [6.45, 7) is -0.487. The van der Waals surface area contributed by atoms with Crippen molar-refractivity contribution in [3.8, 4) is 5.75 Å². The summed E-state index contributed by atoms with van der Waals surface area (Å²) in [5.74, 6) is -1.42. The molecule has 3 N–H and O–H groups in total. The fraction of sp³-hybridized carbons (Fsp3) is 0.125. The molecule has 0 aliphatic rings. The Kier molecular flexibility index (Phi) is 9.34. The Morgan fingerprint density at radius 2 is 1.74 bits per heavy atom. The molecular formula is C24H22IN3O6S. The van der Waals surface area contributed by atoms with Crippen molar-refractivity contribution in [1.29, 1.82) is 0 Å². The van der Waals surface area contributed by atoms with Gasteiger partial charge >= 0.3 is 5.97 Å². The topological polar surface area (TPSA) is 134 Å². The highest BCUT2D eigenvalue weighted by Gasteiger charge is 2.26. The number of aliphatic carboxylic acids is 1. The fourth-order valence-electron chi connectivity index (χ4n) is 2.98. The monoisotopic (exact) mass is 607 g/mol. The molecule has 182 valence electrons. The quantitative estimate of drug-likeness (QED) is 0.175. The summed E-state index contributed by atoms with van der Waals surface area (Å²) in [4.78, 5) is 23.6. The van der Waals surface area contributed by atoms with Crippen molar-refractivity contribution in [2.75, 3.05) is 6.61 Å². The summed E-state index contributed by atoms with van der Waals surface area (Å²) in [6, 6.07) is 20.7. The van der Waals surface area contributed by atoms with Gasteiger partial charge in [-0.3, -0.25) is 4.79 Å². The van der Waals surface area contributed by atoms with Gasteiger partial charge in [0.05, 0.1) is 11.1 Å². The maximum Gasteiger partial charge on any atom is 0.341 e. The predicted octanol–water partition coefficient (Wildman–Crippen LogP) is 2.79. The summed E-state index contributed by atoms with van der Waals surface area (Å²) in [5, 5.41) is 12.6. The van der Waals surface area contributed by atoms with Crippen molar-refractivity contribution in [3.63, 3.8) is 0 Å². The molecule has 35 heavy (non-hydrogen) atoms. The molecular weight excluding hydrogens is 585 g/mol. The van der Waals surface area contributed by atoms with E-state index in [-0.39, 0.29) is 11.3 Å². The van der Waals surface area contributed by atoms with Crippen LogP contribution in [-0.2, 0) is 26.0 Å². The Morgan fingerprint density at radius 1 is 1.03 bits per heavy atom. The second-order valence-corrected chi connectivity index (χ2v) is 10.3. The molecule has 3 rings (SSSR count). The van der Waals surface area contributed by atoms with E-state index in [0.717, 1.165) is 9.13 Å². The van der Waals surface area contributed by atoms with Gasteiger partial charge in [-0.25, -0.2) is 18.6 Å². The van der Waals surface area contributed by atoms with Crippen LogP contribution in [0.1, 0.15) is 11.1 Å². The number of hydrazone groups is 1. The molecule has 1 amide bonds. The van der Waals surface area contributed by atoms with E-state index >= 15 is 0 Å². The Balaban J connectivity index is 1.73. The number of hydrogen-bond acceptors (Lipinski definition) is 6. The zero-order valence-corrected chi connectivity index (χ0v) is 21.3. The van der Waals surface area contributed by atoms with Crippen LogP contribution in [0.5, 0.6) is 5.75 Å². The van der Waals surface area contributed by atoms with Crippen molar-refractivity contribution in [2.45, 2.75) is 17.4 Å². The summed E-state index contributed by atoms with van der Waals surface area (Å²) < 4.78 is 34.3. The van der Waals surface area contributed by atoms with E-state index in [9.17, 15) is 18.0 Å². The number of amides is 1. The normalized spacial score (nSPS) is 12.3. The molecule has 0 bridgehead atoms. The largest absolute Gasteiger partial charge is 0.482 e. The third-order valence-corrected chi connectivity index (χ3v) is 6.84. The molecule has 0 heterocycles. The summed E-state index contributed by atoms with van der Waals surface area (Å²) in [6.07, 6.45) is 1.46. The minimum Gasteiger partial charge on any atom is -0.482 e. The molecule has 0 spiro atoms. The van der Waals surface area contributed by atoms with Gasteiger partial charge in [-0.05, 0) is 76.5 Å². The Labute approximate surface area is 216 Å². The molecule has 0 fully saturated rings. The van der Waals surface area contributed by atoms with Crippen molar-refractivity contribution >= 4 is 50.7 Å². The van der Waals surface area contributed by atoms with E-state index in [0.29, 0.717) is 11.3 Å². The van der Waals surface area contributed by atoms with Gasteiger partial charge in [-0.15, -0.1) is 0 Å². The number of carbonyl (C=O) groups is 2. The lowest BCUT2D eigenvalue weighted by molar-refractivity contribution is -0.139. The minimum absolute atomic E-state index is 0.0467. The lowest BCUT2D eigenvalue weighted by Crippen LogP contribution is -2.46. The number of carboxylic acids is 1. The number of carbonyl (C=O) groups excluding carboxylic acids is 1. The van der Waals surface area contributed by atoms with Crippen LogP contribution in [0.25, 0.3) is 0 Å². The van der Waals surface area contributed by atoms with Gasteiger partial charge in [0.1, 0.15) is 11.8 Å². The van der Waals surface area contributed by atoms with Crippen LogP contribution in [-0.4, -0.2) is 44.3 Å². The van der Waals surface area contributed by atoms with Gasteiger partial charge in [0.15, 0.2) is 6.61 Å². The first-order chi connectivity index (χ1) is 16.7. The number of hydrogen-bond donors (Lipinski definition) is 3. The van der Waals surface area contributed by atoms with Gasteiger partial charge < -0.3 is 9.84 Å². The van der Waals surface area contributed by atoms with Crippen LogP contribution in [0.3, 0.4) is 0 Å². The zero-order valence-electron chi connectivity index (χ0n) is 18.3. The van der Waals surface area contributed by atoms with Crippen LogP contribution in [0, 0.1) is 3.57 Å². The van der Waals surface area contributed by atoms with E-state index in [2.05, 4.69) is 37.8 Å².